The highest BCUT2D eigenvalue weighted by Crippen LogP contribution is 2.27. The minimum absolute atomic E-state index is 0.139. The van der Waals surface area contributed by atoms with Gasteiger partial charge in [-0.1, -0.05) is 52.3 Å². The molecule has 3 rings (SSSR count). The second-order valence-corrected chi connectivity index (χ2v) is 6.86. The molecule has 0 saturated heterocycles. The van der Waals surface area contributed by atoms with E-state index in [4.69, 9.17) is 0 Å². The molecule has 0 aromatic heterocycles. The van der Waals surface area contributed by atoms with Crippen LogP contribution in [0.2, 0.25) is 0 Å². The molecule has 0 fully saturated rings. The first-order valence-corrected chi connectivity index (χ1v) is 8.90. The maximum absolute atomic E-state index is 14.5. The van der Waals surface area contributed by atoms with Crippen molar-refractivity contribution in [3.05, 3.63) is 69.9 Å². The van der Waals surface area contributed by atoms with E-state index in [1.54, 1.807) is 12.1 Å². The van der Waals surface area contributed by atoms with Crippen molar-refractivity contribution in [3.63, 3.8) is 0 Å². The average molecular weight is 418 g/mol. The monoisotopic (exact) mass is 417 g/mol. The summed E-state index contributed by atoms with van der Waals surface area (Å²) in [5.74, 6) is -0.980. The van der Waals surface area contributed by atoms with E-state index in [0.29, 0.717) is 10.0 Å². The summed E-state index contributed by atoms with van der Waals surface area (Å²) in [6.45, 7) is 0. The van der Waals surface area contributed by atoms with E-state index in [0.717, 1.165) is 10.6 Å². The first-order chi connectivity index (χ1) is 12.5. The van der Waals surface area contributed by atoms with Gasteiger partial charge in [-0.15, -0.1) is 0 Å². The fourth-order valence-electron chi connectivity index (χ4n) is 2.77. The molecule has 1 aliphatic heterocycles. The summed E-state index contributed by atoms with van der Waals surface area (Å²) in [4.78, 5) is 24.2. The lowest BCUT2D eigenvalue weighted by Crippen LogP contribution is -2.39. The Labute approximate surface area is 159 Å². The molecule has 5 nitrogen and oxygen atoms in total. The molecule has 7 heteroatoms. The van der Waals surface area contributed by atoms with Crippen molar-refractivity contribution >= 4 is 33.5 Å². The third-order valence-electron chi connectivity index (χ3n) is 4.15. The molecule has 0 unspecified atom stereocenters. The molecule has 134 valence electrons. The van der Waals surface area contributed by atoms with Crippen LogP contribution in [0, 0.1) is 5.82 Å². The van der Waals surface area contributed by atoms with Gasteiger partial charge >= 0.3 is 0 Å². The normalized spacial score (nSPS) is 15.4. The molecule has 26 heavy (non-hydrogen) atoms. The number of nitrogens with zero attached hydrogens (tertiary/aromatic N) is 2. The predicted molar refractivity (Wildman–Crippen MR) is 100.0 cm³/mol. The van der Waals surface area contributed by atoms with E-state index in [1.165, 1.54) is 13.1 Å². The summed E-state index contributed by atoms with van der Waals surface area (Å²) in [5, 5.41) is 8.04. The van der Waals surface area contributed by atoms with Crippen molar-refractivity contribution in [2.24, 2.45) is 5.10 Å². The first-order valence-electron chi connectivity index (χ1n) is 8.10. The van der Waals surface area contributed by atoms with Crippen LogP contribution in [0.1, 0.15) is 30.0 Å². The Bertz CT molecular complexity index is 870. The third-order valence-corrected chi connectivity index (χ3v) is 4.64. The molecule has 2 aromatic rings. The molecule has 0 spiro atoms. The minimum atomic E-state index is -0.664. The molecule has 1 N–H and O–H groups in total. The van der Waals surface area contributed by atoms with Gasteiger partial charge in [0.2, 0.25) is 5.91 Å². The van der Waals surface area contributed by atoms with Gasteiger partial charge < -0.3 is 5.32 Å². The maximum Gasteiger partial charge on any atom is 0.268 e. The molecule has 0 radical (unpaired) electrons. The van der Waals surface area contributed by atoms with Crippen molar-refractivity contribution in [1.82, 2.24) is 10.3 Å². The zero-order valence-electron chi connectivity index (χ0n) is 14.1. The van der Waals surface area contributed by atoms with Crippen LogP contribution in [0.5, 0.6) is 0 Å². The number of amides is 2. The van der Waals surface area contributed by atoms with Crippen LogP contribution in [-0.4, -0.2) is 29.6 Å². The largest absolute Gasteiger partial charge is 0.340 e. The number of hydrogen-bond donors (Lipinski definition) is 1. The Morgan fingerprint density at radius 1 is 1.23 bits per heavy atom. The maximum atomic E-state index is 14.5. The standard InChI is InChI=1S/C19H17BrFN3O2/c1-24-17(25)10-9-16(23-24)19(26)22-18(12-5-3-2-4-6-12)14-8-7-13(20)11-15(14)21/h2-8,11,18H,9-10H2,1H3,(H,22,26)/t18-/m1/s1. The lowest BCUT2D eigenvalue weighted by atomic mass is 9.97. The third kappa shape index (κ3) is 3.99. The summed E-state index contributed by atoms with van der Waals surface area (Å²) in [6.07, 6.45) is 0.491. The van der Waals surface area contributed by atoms with E-state index >= 15 is 0 Å². The second kappa shape index (κ2) is 7.78. The quantitative estimate of drug-likeness (QED) is 0.828. The fraction of sp³-hybridized carbons (Fsp3) is 0.211. The number of halogens is 2. The topological polar surface area (TPSA) is 61.8 Å². The number of nitrogens with one attached hydrogen (secondary N) is 1. The van der Waals surface area contributed by atoms with Crippen molar-refractivity contribution in [2.75, 3.05) is 7.05 Å². The van der Waals surface area contributed by atoms with Crippen molar-refractivity contribution in [3.8, 4) is 0 Å². The van der Waals surface area contributed by atoms with E-state index < -0.39 is 17.8 Å². The van der Waals surface area contributed by atoms with Crippen LogP contribution in [-0.2, 0) is 9.59 Å². The van der Waals surface area contributed by atoms with Gasteiger partial charge in [0.1, 0.15) is 11.5 Å². The summed E-state index contributed by atoms with van der Waals surface area (Å²) in [5.41, 5.74) is 1.36. The molecule has 1 atom stereocenters. The number of carbonyl (C=O) groups is 2. The predicted octanol–water partition coefficient (Wildman–Crippen LogP) is 3.40. The summed E-state index contributed by atoms with van der Waals surface area (Å²) >= 11 is 3.24. The van der Waals surface area contributed by atoms with Gasteiger partial charge in [-0.25, -0.2) is 9.40 Å². The average Bonchev–Trinajstić information content (AvgIpc) is 2.63. The van der Waals surface area contributed by atoms with E-state index in [9.17, 15) is 14.0 Å². The number of hydrogen-bond acceptors (Lipinski definition) is 3. The summed E-state index contributed by atoms with van der Waals surface area (Å²) in [7, 11) is 1.51. The van der Waals surface area contributed by atoms with Crippen molar-refractivity contribution in [1.29, 1.82) is 0 Å². The highest BCUT2D eigenvalue weighted by molar-refractivity contribution is 9.10. The van der Waals surface area contributed by atoms with E-state index in [2.05, 4.69) is 26.3 Å². The SMILES string of the molecule is CN1N=C(C(=O)N[C@H](c2ccccc2)c2ccc(Br)cc2F)CCC1=O. The Hall–Kier alpha value is -2.54. The molecule has 1 aliphatic rings. The van der Waals surface area contributed by atoms with Gasteiger partial charge in [0.15, 0.2) is 0 Å². The zero-order valence-corrected chi connectivity index (χ0v) is 15.7. The van der Waals surface area contributed by atoms with Crippen LogP contribution in [0.3, 0.4) is 0 Å². The first kappa shape index (κ1) is 18.3. The van der Waals surface area contributed by atoms with Crippen molar-refractivity contribution in [2.45, 2.75) is 18.9 Å². The molecule has 2 amide bonds. The Kier molecular flexibility index (Phi) is 5.46. The van der Waals surface area contributed by atoms with Gasteiger partial charge in [-0.3, -0.25) is 9.59 Å². The van der Waals surface area contributed by atoms with Gasteiger partial charge in [0.25, 0.3) is 5.91 Å². The van der Waals surface area contributed by atoms with Crippen LogP contribution in [0.15, 0.2) is 58.1 Å². The lowest BCUT2D eigenvalue weighted by molar-refractivity contribution is -0.130. The molecular formula is C19H17BrFN3O2. The molecular weight excluding hydrogens is 401 g/mol. The molecule has 1 heterocycles. The number of hydrazone groups is 1. The number of rotatable bonds is 4. The van der Waals surface area contributed by atoms with Gasteiger partial charge in [-0.05, 0) is 17.7 Å². The lowest BCUT2D eigenvalue weighted by Gasteiger charge is -2.23. The van der Waals surface area contributed by atoms with Crippen LogP contribution in [0.4, 0.5) is 4.39 Å². The van der Waals surface area contributed by atoms with Gasteiger partial charge in [-0.2, -0.15) is 5.10 Å². The van der Waals surface area contributed by atoms with Crippen molar-refractivity contribution < 1.29 is 14.0 Å². The van der Waals surface area contributed by atoms with Crippen LogP contribution >= 0.6 is 15.9 Å². The molecule has 0 bridgehead atoms. The smallest absolute Gasteiger partial charge is 0.268 e. The van der Waals surface area contributed by atoms with E-state index in [1.807, 2.05) is 30.3 Å². The Morgan fingerprint density at radius 2 is 1.96 bits per heavy atom. The Balaban J connectivity index is 1.93. The summed E-state index contributed by atoms with van der Waals surface area (Å²) < 4.78 is 15.1. The van der Waals surface area contributed by atoms with Gasteiger partial charge in [0, 0.05) is 29.9 Å². The van der Waals surface area contributed by atoms with Crippen LogP contribution in [0.25, 0.3) is 0 Å². The number of benzene rings is 2. The fourth-order valence-corrected chi connectivity index (χ4v) is 3.10. The minimum Gasteiger partial charge on any atom is -0.340 e. The summed E-state index contributed by atoms with van der Waals surface area (Å²) in [6, 6.07) is 13.2. The number of carbonyl (C=O) groups excluding carboxylic acids is 2. The highest BCUT2D eigenvalue weighted by Gasteiger charge is 2.26. The molecule has 2 aromatic carbocycles. The van der Waals surface area contributed by atoms with Crippen LogP contribution < -0.4 is 5.32 Å². The second-order valence-electron chi connectivity index (χ2n) is 5.95. The van der Waals surface area contributed by atoms with Gasteiger partial charge in [0.05, 0.1) is 6.04 Å². The molecule has 0 saturated carbocycles. The highest BCUT2D eigenvalue weighted by atomic mass is 79.9. The van der Waals surface area contributed by atoms with E-state index in [-0.39, 0.29) is 24.5 Å². The zero-order chi connectivity index (χ0) is 18.7. The Morgan fingerprint density at radius 3 is 2.62 bits per heavy atom. The molecule has 0 aliphatic carbocycles.